The van der Waals surface area contributed by atoms with E-state index in [1.165, 1.54) is 26.2 Å². The van der Waals surface area contributed by atoms with E-state index in [1.54, 1.807) is 0 Å². The van der Waals surface area contributed by atoms with Crippen LogP contribution in [0.5, 0.6) is 0 Å². The Bertz CT molecular complexity index is 627. The van der Waals surface area contributed by atoms with Gasteiger partial charge in [-0.25, -0.2) is 0 Å². The number of carbonyl (C=O) groups is 1. The summed E-state index contributed by atoms with van der Waals surface area (Å²) >= 11 is 0. The average molecular weight is 405 g/mol. The van der Waals surface area contributed by atoms with Crippen molar-refractivity contribution >= 4 is 5.97 Å². The summed E-state index contributed by atoms with van der Waals surface area (Å²) in [5.41, 5.74) is 0.141. The molecule has 29 heavy (non-hydrogen) atoms. The van der Waals surface area contributed by atoms with E-state index >= 15 is 0 Å². The van der Waals surface area contributed by atoms with Crippen molar-refractivity contribution in [2.24, 2.45) is 23.7 Å². The zero-order chi connectivity index (χ0) is 20.8. The number of nitrogens with zero attached hydrogens (tertiary/aromatic N) is 1. The van der Waals surface area contributed by atoms with Crippen molar-refractivity contribution in [3.63, 3.8) is 0 Å². The highest BCUT2D eigenvalue weighted by Crippen LogP contribution is 2.51. The average Bonchev–Trinajstić information content (AvgIpc) is 2.64. The van der Waals surface area contributed by atoms with Gasteiger partial charge in [0.25, 0.3) is 0 Å². The summed E-state index contributed by atoms with van der Waals surface area (Å²) < 4.78 is 11.3. The highest BCUT2D eigenvalue weighted by Gasteiger charge is 2.53. The predicted octanol–water partition coefficient (Wildman–Crippen LogP) is 3.37. The van der Waals surface area contributed by atoms with Gasteiger partial charge in [-0.15, -0.1) is 0 Å². The van der Waals surface area contributed by atoms with Crippen LogP contribution in [0.2, 0.25) is 0 Å². The van der Waals surface area contributed by atoms with Crippen molar-refractivity contribution in [2.75, 3.05) is 19.8 Å². The third kappa shape index (κ3) is 4.03. The van der Waals surface area contributed by atoms with Crippen LogP contribution < -0.4 is 0 Å². The molecule has 8 atom stereocenters. The molecule has 1 radical (unpaired) electrons. The van der Waals surface area contributed by atoms with Gasteiger partial charge in [0.2, 0.25) is 0 Å². The first-order valence-electron chi connectivity index (χ1n) is 11.6. The number of hydrogen-bond acceptors (Lipinski definition) is 5. The van der Waals surface area contributed by atoms with E-state index in [1.807, 2.05) is 13.3 Å². The Kier molecular flexibility index (Phi) is 6.12. The van der Waals surface area contributed by atoms with Crippen LogP contribution in [-0.4, -0.2) is 59.5 Å². The summed E-state index contributed by atoms with van der Waals surface area (Å²) in [6.07, 6.45) is 9.68. The number of rotatable bonds is 4. The van der Waals surface area contributed by atoms with Crippen LogP contribution in [0.3, 0.4) is 0 Å². The fourth-order valence-corrected chi connectivity index (χ4v) is 6.44. The molecule has 4 rings (SSSR count). The van der Waals surface area contributed by atoms with E-state index in [0.717, 1.165) is 38.2 Å². The number of esters is 1. The SMILES string of the molecule is CC(=O)O[C@@H]1[CH][C@@]2(O)[C@H](C)CC[C@@H](C(C)CN3C4CCCC3COC4)[C@H]2C=C1C. The van der Waals surface area contributed by atoms with Gasteiger partial charge >= 0.3 is 5.97 Å². The van der Waals surface area contributed by atoms with Gasteiger partial charge in [-0.1, -0.05) is 26.3 Å². The minimum absolute atomic E-state index is 0.0916. The fourth-order valence-electron chi connectivity index (χ4n) is 6.44. The molecule has 3 fully saturated rings. The minimum Gasteiger partial charge on any atom is -0.458 e. The monoisotopic (exact) mass is 404 g/mol. The van der Waals surface area contributed by atoms with Crippen LogP contribution in [0.4, 0.5) is 0 Å². The summed E-state index contributed by atoms with van der Waals surface area (Å²) in [5.74, 6) is 0.899. The van der Waals surface area contributed by atoms with Crippen LogP contribution in [0, 0.1) is 30.1 Å². The van der Waals surface area contributed by atoms with Gasteiger partial charge in [0, 0.05) is 37.9 Å². The Morgan fingerprint density at radius 2 is 2.00 bits per heavy atom. The molecule has 2 heterocycles. The molecule has 1 N–H and O–H groups in total. The molecule has 0 aromatic rings. The Morgan fingerprint density at radius 3 is 2.66 bits per heavy atom. The van der Waals surface area contributed by atoms with E-state index < -0.39 is 11.7 Å². The molecule has 0 spiro atoms. The lowest BCUT2D eigenvalue weighted by Gasteiger charge is -2.54. The van der Waals surface area contributed by atoms with E-state index in [9.17, 15) is 9.90 Å². The van der Waals surface area contributed by atoms with Crippen molar-refractivity contribution in [2.45, 2.75) is 83.6 Å². The second-order valence-corrected chi connectivity index (χ2v) is 10.1. The van der Waals surface area contributed by atoms with Crippen molar-refractivity contribution in [3.05, 3.63) is 18.1 Å². The summed E-state index contributed by atoms with van der Waals surface area (Å²) in [5, 5.41) is 11.7. The molecule has 2 saturated heterocycles. The maximum Gasteiger partial charge on any atom is 0.303 e. The zero-order valence-electron chi connectivity index (χ0n) is 18.5. The van der Waals surface area contributed by atoms with Gasteiger partial charge in [-0.2, -0.15) is 0 Å². The van der Waals surface area contributed by atoms with E-state index in [2.05, 4.69) is 24.8 Å². The first kappa shape index (κ1) is 21.3. The lowest BCUT2D eigenvalue weighted by Crippen LogP contribution is -2.59. The number of hydrogen-bond donors (Lipinski definition) is 1. The summed E-state index contributed by atoms with van der Waals surface area (Å²) in [7, 11) is 0. The quantitative estimate of drug-likeness (QED) is 0.575. The molecule has 3 unspecified atom stereocenters. The van der Waals surface area contributed by atoms with Crippen molar-refractivity contribution in [1.29, 1.82) is 0 Å². The Morgan fingerprint density at radius 1 is 1.31 bits per heavy atom. The molecule has 0 amide bonds. The maximum absolute atomic E-state index is 11.7. The van der Waals surface area contributed by atoms with E-state index in [-0.39, 0.29) is 17.8 Å². The third-order valence-corrected chi connectivity index (χ3v) is 8.18. The molecule has 0 aromatic heterocycles. The number of piperidine rings is 1. The van der Waals surface area contributed by atoms with Gasteiger partial charge in [-0.3, -0.25) is 9.69 Å². The van der Waals surface area contributed by atoms with Gasteiger partial charge in [0.1, 0.15) is 6.10 Å². The minimum atomic E-state index is -0.905. The molecule has 5 nitrogen and oxygen atoms in total. The molecule has 0 aromatic carbocycles. The van der Waals surface area contributed by atoms with Gasteiger partial charge in [0.05, 0.1) is 18.8 Å². The lowest BCUT2D eigenvalue weighted by atomic mass is 9.57. The highest BCUT2D eigenvalue weighted by molar-refractivity contribution is 5.66. The van der Waals surface area contributed by atoms with Gasteiger partial charge in [0.15, 0.2) is 0 Å². The maximum atomic E-state index is 11.7. The van der Waals surface area contributed by atoms with Crippen LogP contribution >= 0.6 is 0 Å². The van der Waals surface area contributed by atoms with Gasteiger partial charge in [-0.05, 0) is 55.9 Å². The second kappa shape index (κ2) is 8.32. The van der Waals surface area contributed by atoms with E-state index in [0.29, 0.717) is 23.9 Å². The predicted molar refractivity (Wildman–Crippen MR) is 112 cm³/mol. The number of fused-ring (bicyclic) bond motifs is 3. The molecule has 5 heteroatoms. The smallest absolute Gasteiger partial charge is 0.303 e. The van der Waals surface area contributed by atoms with Crippen LogP contribution in [0.15, 0.2) is 11.6 Å². The van der Waals surface area contributed by atoms with Crippen molar-refractivity contribution in [3.8, 4) is 0 Å². The Hall–Kier alpha value is -0.910. The molecular weight excluding hydrogens is 366 g/mol. The Balaban J connectivity index is 1.53. The van der Waals surface area contributed by atoms with Crippen LogP contribution in [-0.2, 0) is 14.3 Å². The van der Waals surface area contributed by atoms with Gasteiger partial charge < -0.3 is 14.6 Å². The summed E-state index contributed by atoms with van der Waals surface area (Å²) in [6.45, 7) is 10.8. The molecular formula is C24H38NO4. The summed E-state index contributed by atoms with van der Waals surface area (Å²) in [4.78, 5) is 14.2. The fraction of sp³-hybridized carbons (Fsp3) is 0.833. The standard InChI is InChI=1S/C24H38NO4/c1-15-10-22-21(9-8-17(3)24(22,27)11-23(15)29-18(4)26)16(2)12-25-19-6-5-7-20(25)14-28-13-19/h10-11,16-17,19-23,27H,5-9,12-14H2,1-4H3/t16?,17-,19?,20?,21+,22-,23-,24-/m1/s1. The zero-order valence-corrected chi connectivity index (χ0v) is 18.5. The van der Waals surface area contributed by atoms with Crippen molar-refractivity contribution in [1.82, 2.24) is 4.90 Å². The number of carbonyl (C=O) groups excluding carboxylic acids is 1. The molecule has 2 bridgehead atoms. The second-order valence-electron chi connectivity index (χ2n) is 10.1. The first-order chi connectivity index (χ1) is 13.8. The molecule has 2 aliphatic heterocycles. The summed E-state index contributed by atoms with van der Waals surface area (Å²) in [6, 6.07) is 1.13. The van der Waals surface area contributed by atoms with E-state index in [4.69, 9.17) is 9.47 Å². The largest absolute Gasteiger partial charge is 0.458 e. The third-order valence-electron chi connectivity index (χ3n) is 8.18. The number of morpholine rings is 1. The lowest BCUT2D eigenvalue weighted by molar-refractivity contribution is -0.148. The number of aliphatic hydroxyl groups is 1. The topological polar surface area (TPSA) is 59.0 Å². The van der Waals surface area contributed by atoms with Crippen molar-refractivity contribution < 1.29 is 19.4 Å². The molecule has 163 valence electrons. The normalized spacial score (nSPS) is 43.8. The molecule has 4 aliphatic rings. The molecule has 1 saturated carbocycles. The molecule has 2 aliphatic carbocycles. The first-order valence-corrected chi connectivity index (χ1v) is 11.6. The van der Waals surface area contributed by atoms with Crippen LogP contribution in [0.1, 0.15) is 59.8 Å². The highest BCUT2D eigenvalue weighted by atomic mass is 16.5. The number of ether oxygens (including phenoxy) is 2. The van der Waals surface area contributed by atoms with Crippen LogP contribution in [0.25, 0.3) is 0 Å². The Labute approximate surface area is 175 Å².